The number of carboxylic acids is 1. The molecule has 4 nitrogen and oxygen atoms in total. The fourth-order valence-electron chi connectivity index (χ4n) is 2.13. The summed E-state index contributed by atoms with van der Waals surface area (Å²) in [6.07, 6.45) is 0. The maximum atomic E-state index is 13.7. The average Bonchev–Trinajstić information content (AvgIpc) is 2.40. The molecule has 0 amide bonds. The maximum Gasteiger partial charge on any atom is 0.337 e. The Morgan fingerprint density at radius 2 is 2.05 bits per heavy atom. The number of halogens is 2. The highest BCUT2D eigenvalue weighted by Crippen LogP contribution is 2.33. The van der Waals surface area contributed by atoms with Crippen LogP contribution in [0.5, 0.6) is 0 Å². The van der Waals surface area contributed by atoms with E-state index in [1.807, 2.05) is 0 Å². The molecule has 2 aromatic rings. The molecule has 0 unspecified atom stereocenters. The lowest BCUT2D eigenvalue weighted by Gasteiger charge is -2.23. The smallest absolute Gasteiger partial charge is 0.337 e. The van der Waals surface area contributed by atoms with Crippen LogP contribution < -0.4 is 10.6 Å². The van der Waals surface area contributed by atoms with Crippen LogP contribution in [0.4, 0.5) is 15.8 Å². The fourth-order valence-corrected chi connectivity index (χ4v) is 2.50. The molecule has 0 bridgehead atoms. The topological polar surface area (TPSA) is 66.6 Å². The summed E-state index contributed by atoms with van der Waals surface area (Å²) in [7, 11) is 1.65. The molecule has 110 valence electrons. The molecule has 0 aromatic heterocycles. The molecule has 21 heavy (non-hydrogen) atoms. The van der Waals surface area contributed by atoms with Gasteiger partial charge in [0, 0.05) is 24.8 Å². The minimum atomic E-state index is -1.14. The van der Waals surface area contributed by atoms with Crippen molar-refractivity contribution in [1.82, 2.24) is 0 Å². The van der Waals surface area contributed by atoms with Crippen LogP contribution in [-0.2, 0) is 6.54 Å². The number of carboxylic acid groups (broad SMARTS) is 1. The number of nitrogens with two attached hydrogens (primary N) is 1. The van der Waals surface area contributed by atoms with Crippen LogP contribution in [0, 0.1) is 5.82 Å². The number of aromatic carboxylic acids is 1. The third-order valence-corrected chi connectivity index (χ3v) is 3.35. The second-order valence-corrected chi connectivity index (χ2v) is 5.06. The van der Waals surface area contributed by atoms with Gasteiger partial charge in [-0.3, -0.25) is 0 Å². The summed E-state index contributed by atoms with van der Waals surface area (Å²) in [5.74, 6) is -1.49. The summed E-state index contributed by atoms with van der Waals surface area (Å²) in [5, 5.41) is 9.48. The minimum Gasteiger partial charge on any atom is -0.478 e. The summed E-state index contributed by atoms with van der Waals surface area (Å²) >= 11 is 6.10. The Bertz CT molecular complexity index is 691. The van der Waals surface area contributed by atoms with Gasteiger partial charge in [0.25, 0.3) is 0 Å². The zero-order valence-electron chi connectivity index (χ0n) is 11.3. The van der Waals surface area contributed by atoms with E-state index in [-0.39, 0.29) is 28.6 Å². The number of carbonyl (C=O) groups is 1. The Morgan fingerprint density at radius 1 is 1.38 bits per heavy atom. The SMILES string of the molecule is CN(Cc1ccccc1F)c1c(Cl)cc(N)cc1C(=O)O. The summed E-state index contributed by atoms with van der Waals surface area (Å²) in [4.78, 5) is 12.9. The van der Waals surface area contributed by atoms with Crippen molar-refractivity contribution < 1.29 is 14.3 Å². The first kappa shape index (κ1) is 15.1. The highest BCUT2D eigenvalue weighted by Gasteiger charge is 2.19. The molecule has 2 aromatic carbocycles. The number of anilines is 2. The first-order valence-corrected chi connectivity index (χ1v) is 6.54. The Hall–Kier alpha value is -2.27. The van der Waals surface area contributed by atoms with Gasteiger partial charge in [-0.05, 0) is 18.2 Å². The Kier molecular flexibility index (Phi) is 4.33. The molecular formula is C15H14ClFN2O2. The number of nitrogen functional groups attached to an aromatic ring is 1. The van der Waals surface area contributed by atoms with Crippen LogP contribution in [0.3, 0.4) is 0 Å². The summed E-state index contributed by atoms with van der Waals surface area (Å²) < 4.78 is 13.7. The van der Waals surface area contributed by atoms with Crippen molar-refractivity contribution in [3.8, 4) is 0 Å². The molecule has 0 fully saturated rings. The van der Waals surface area contributed by atoms with Crippen LogP contribution in [0.25, 0.3) is 0 Å². The first-order valence-electron chi connectivity index (χ1n) is 6.17. The highest BCUT2D eigenvalue weighted by molar-refractivity contribution is 6.34. The van der Waals surface area contributed by atoms with Crippen LogP contribution in [0.15, 0.2) is 36.4 Å². The summed E-state index contributed by atoms with van der Waals surface area (Å²) in [6, 6.07) is 9.11. The second kappa shape index (κ2) is 6.01. The van der Waals surface area contributed by atoms with Gasteiger partial charge in [-0.2, -0.15) is 0 Å². The molecule has 0 saturated carbocycles. The molecule has 0 spiro atoms. The number of nitrogens with zero attached hydrogens (tertiary/aromatic N) is 1. The quantitative estimate of drug-likeness (QED) is 0.850. The number of hydrogen-bond acceptors (Lipinski definition) is 3. The fraction of sp³-hybridized carbons (Fsp3) is 0.133. The standard InChI is InChI=1S/C15H14ClFN2O2/c1-19(8-9-4-2-3-5-13(9)17)14-11(15(20)21)6-10(18)7-12(14)16/h2-7H,8,18H2,1H3,(H,20,21). The van der Waals surface area contributed by atoms with Gasteiger partial charge in [-0.25, -0.2) is 9.18 Å². The molecule has 2 rings (SSSR count). The van der Waals surface area contributed by atoms with Crippen molar-refractivity contribution in [2.75, 3.05) is 17.7 Å². The van der Waals surface area contributed by atoms with Crippen molar-refractivity contribution >= 4 is 28.9 Å². The maximum absolute atomic E-state index is 13.7. The van der Waals surface area contributed by atoms with Gasteiger partial charge in [0.05, 0.1) is 16.3 Å². The molecule has 0 aliphatic carbocycles. The lowest BCUT2D eigenvalue weighted by Crippen LogP contribution is -2.21. The highest BCUT2D eigenvalue weighted by atomic mass is 35.5. The van der Waals surface area contributed by atoms with Crippen molar-refractivity contribution in [1.29, 1.82) is 0 Å². The van der Waals surface area contributed by atoms with E-state index in [0.29, 0.717) is 11.3 Å². The largest absolute Gasteiger partial charge is 0.478 e. The van der Waals surface area contributed by atoms with Crippen LogP contribution >= 0.6 is 11.6 Å². The van der Waals surface area contributed by atoms with Gasteiger partial charge in [-0.1, -0.05) is 29.8 Å². The second-order valence-electron chi connectivity index (χ2n) is 4.65. The molecule has 3 N–H and O–H groups in total. The summed E-state index contributed by atoms with van der Waals surface area (Å²) in [6.45, 7) is 0.191. The predicted octanol–water partition coefficient (Wildman–Crippen LogP) is 3.40. The zero-order valence-corrected chi connectivity index (χ0v) is 12.1. The molecular weight excluding hydrogens is 295 g/mol. The van der Waals surface area contributed by atoms with Gasteiger partial charge < -0.3 is 15.7 Å². The van der Waals surface area contributed by atoms with Crippen LogP contribution in [0.2, 0.25) is 5.02 Å². The van der Waals surface area contributed by atoms with Crippen LogP contribution in [-0.4, -0.2) is 18.1 Å². The Morgan fingerprint density at radius 3 is 2.67 bits per heavy atom. The Labute approximate surface area is 126 Å². The molecule has 6 heteroatoms. The van der Waals surface area contributed by atoms with Gasteiger partial charge >= 0.3 is 5.97 Å². The van der Waals surface area contributed by atoms with Gasteiger partial charge in [-0.15, -0.1) is 0 Å². The van der Waals surface area contributed by atoms with E-state index >= 15 is 0 Å². The predicted molar refractivity (Wildman–Crippen MR) is 81.3 cm³/mol. The molecule has 0 atom stereocenters. The zero-order chi connectivity index (χ0) is 15.6. The van der Waals surface area contributed by atoms with E-state index in [1.165, 1.54) is 18.2 Å². The summed E-state index contributed by atoms with van der Waals surface area (Å²) in [5.41, 5.74) is 6.62. The Balaban J connectivity index is 2.42. The van der Waals surface area contributed by atoms with Gasteiger partial charge in [0.15, 0.2) is 0 Å². The van der Waals surface area contributed by atoms with Crippen molar-refractivity contribution in [3.63, 3.8) is 0 Å². The third-order valence-electron chi connectivity index (χ3n) is 3.06. The van der Waals surface area contributed by atoms with Crippen molar-refractivity contribution in [2.45, 2.75) is 6.54 Å². The number of benzene rings is 2. The number of hydrogen-bond donors (Lipinski definition) is 2. The van der Waals surface area contributed by atoms with E-state index in [0.717, 1.165) is 0 Å². The van der Waals surface area contributed by atoms with E-state index in [2.05, 4.69) is 0 Å². The van der Waals surface area contributed by atoms with Gasteiger partial charge in [0.2, 0.25) is 0 Å². The molecule has 0 aliphatic heterocycles. The van der Waals surface area contributed by atoms with Crippen LogP contribution in [0.1, 0.15) is 15.9 Å². The monoisotopic (exact) mass is 308 g/mol. The van der Waals surface area contributed by atoms with Gasteiger partial charge in [0.1, 0.15) is 5.82 Å². The van der Waals surface area contributed by atoms with E-state index in [4.69, 9.17) is 17.3 Å². The lowest BCUT2D eigenvalue weighted by atomic mass is 10.1. The first-order chi connectivity index (χ1) is 9.90. The lowest BCUT2D eigenvalue weighted by molar-refractivity contribution is 0.0697. The van der Waals surface area contributed by atoms with E-state index in [1.54, 1.807) is 30.1 Å². The molecule has 0 saturated heterocycles. The molecule has 0 radical (unpaired) electrons. The minimum absolute atomic E-state index is 0.0150. The average molecular weight is 309 g/mol. The third kappa shape index (κ3) is 3.25. The number of rotatable bonds is 4. The van der Waals surface area contributed by atoms with E-state index < -0.39 is 5.97 Å². The molecule has 0 heterocycles. The normalized spacial score (nSPS) is 10.4. The van der Waals surface area contributed by atoms with Crippen molar-refractivity contribution in [2.24, 2.45) is 0 Å². The molecule has 0 aliphatic rings. The van der Waals surface area contributed by atoms with E-state index in [9.17, 15) is 14.3 Å². The van der Waals surface area contributed by atoms with Crippen molar-refractivity contribution in [3.05, 3.63) is 58.4 Å².